The summed E-state index contributed by atoms with van der Waals surface area (Å²) in [6, 6.07) is 8.47. The zero-order valence-electron chi connectivity index (χ0n) is 17.8. The van der Waals surface area contributed by atoms with Gasteiger partial charge in [-0.15, -0.1) is 0 Å². The lowest BCUT2D eigenvalue weighted by Crippen LogP contribution is -2.44. The SMILES string of the molecule is Cc1c(C(=O)NCC2(c3cccc(F)c3)CCOCC2)cnn1-c1ccc(C(F)(F)F)cn1. The Balaban J connectivity index is 1.52. The van der Waals surface area contributed by atoms with Crippen LogP contribution in [0, 0.1) is 12.7 Å². The largest absolute Gasteiger partial charge is 0.417 e. The van der Waals surface area contributed by atoms with E-state index in [9.17, 15) is 22.4 Å². The van der Waals surface area contributed by atoms with Crippen molar-refractivity contribution in [1.29, 1.82) is 0 Å². The molecule has 33 heavy (non-hydrogen) atoms. The number of hydrogen-bond donors (Lipinski definition) is 1. The van der Waals surface area contributed by atoms with Crippen molar-refractivity contribution in [2.24, 2.45) is 0 Å². The molecule has 0 bridgehead atoms. The average molecular weight is 462 g/mol. The lowest BCUT2D eigenvalue weighted by molar-refractivity contribution is -0.137. The van der Waals surface area contributed by atoms with E-state index < -0.39 is 17.2 Å². The number of carbonyl (C=O) groups is 1. The predicted molar refractivity (Wildman–Crippen MR) is 112 cm³/mol. The molecule has 10 heteroatoms. The molecule has 1 aliphatic rings. The van der Waals surface area contributed by atoms with Gasteiger partial charge in [0.1, 0.15) is 5.82 Å². The van der Waals surface area contributed by atoms with Gasteiger partial charge in [-0.1, -0.05) is 12.1 Å². The Morgan fingerprint density at radius 2 is 1.94 bits per heavy atom. The third-order valence-electron chi connectivity index (χ3n) is 6.02. The zero-order valence-corrected chi connectivity index (χ0v) is 17.8. The maximum atomic E-state index is 13.9. The van der Waals surface area contributed by atoms with Crippen molar-refractivity contribution >= 4 is 5.91 Å². The predicted octanol–water partition coefficient (Wildman–Crippen LogP) is 4.21. The molecule has 0 unspecified atom stereocenters. The smallest absolute Gasteiger partial charge is 0.381 e. The monoisotopic (exact) mass is 462 g/mol. The van der Waals surface area contributed by atoms with E-state index in [0.717, 1.165) is 17.8 Å². The quantitative estimate of drug-likeness (QED) is 0.577. The van der Waals surface area contributed by atoms with E-state index in [0.29, 0.717) is 31.7 Å². The molecule has 0 saturated carbocycles. The van der Waals surface area contributed by atoms with Gasteiger partial charge >= 0.3 is 6.18 Å². The normalized spacial score (nSPS) is 15.9. The number of halogens is 4. The van der Waals surface area contributed by atoms with Crippen LogP contribution >= 0.6 is 0 Å². The first-order valence-electron chi connectivity index (χ1n) is 10.4. The van der Waals surface area contributed by atoms with Crippen LogP contribution in [0.4, 0.5) is 17.6 Å². The average Bonchev–Trinajstić information content (AvgIpc) is 3.19. The summed E-state index contributed by atoms with van der Waals surface area (Å²) in [5.41, 5.74) is 0.180. The number of carbonyl (C=O) groups excluding carboxylic acids is 1. The molecule has 2 aromatic heterocycles. The molecule has 1 aliphatic heterocycles. The summed E-state index contributed by atoms with van der Waals surface area (Å²) < 4.78 is 59.0. The molecular weight excluding hydrogens is 440 g/mol. The van der Waals surface area contributed by atoms with Crippen molar-refractivity contribution in [2.45, 2.75) is 31.4 Å². The van der Waals surface area contributed by atoms with Crippen LogP contribution in [0.2, 0.25) is 0 Å². The Bertz CT molecular complexity index is 1140. The highest BCUT2D eigenvalue weighted by atomic mass is 19.4. The summed E-state index contributed by atoms with van der Waals surface area (Å²) in [6.07, 6.45) is -1.15. The number of hydrogen-bond acceptors (Lipinski definition) is 4. The second-order valence-electron chi connectivity index (χ2n) is 8.04. The van der Waals surface area contributed by atoms with E-state index in [1.54, 1.807) is 13.0 Å². The van der Waals surface area contributed by atoms with Gasteiger partial charge in [-0.3, -0.25) is 4.79 Å². The number of aromatic nitrogens is 3. The fourth-order valence-electron chi connectivity index (χ4n) is 4.04. The van der Waals surface area contributed by atoms with Crippen LogP contribution < -0.4 is 5.32 Å². The van der Waals surface area contributed by atoms with Crippen LogP contribution in [0.25, 0.3) is 5.82 Å². The van der Waals surface area contributed by atoms with Crippen LogP contribution in [0.1, 0.15) is 40.0 Å². The van der Waals surface area contributed by atoms with Crippen LogP contribution in [-0.4, -0.2) is 40.4 Å². The maximum Gasteiger partial charge on any atom is 0.417 e. The Morgan fingerprint density at radius 1 is 1.18 bits per heavy atom. The second kappa shape index (κ2) is 8.93. The summed E-state index contributed by atoms with van der Waals surface area (Å²) in [5, 5.41) is 7.05. The van der Waals surface area contributed by atoms with Gasteiger partial charge in [-0.2, -0.15) is 18.3 Å². The highest BCUT2D eigenvalue weighted by Crippen LogP contribution is 2.35. The first kappa shape index (κ1) is 22.9. The minimum atomic E-state index is -4.49. The van der Waals surface area contributed by atoms with Crippen LogP contribution in [0.3, 0.4) is 0 Å². The van der Waals surface area contributed by atoms with Gasteiger partial charge in [0.25, 0.3) is 5.91 Å². The van der Waals surface area contributed by atoms with Crippen LogP contribution in [0.15, 0.2) is 48.8 Å². The lowest BCUT2D eigenvalue weighted by atomic mass is 9.74. The van der Waals surface area contributed by atoms with E-state index in [4.69, 9.17) is 4.74 Å². The molecule has 1 fully saturated rings. The number of rotatable bonds is 5. The summed E-state index contributed by atoms with van der Waals surface area (Å²) in [5.74, 6) is -0.556. The zero-order chi connectivity index (χ0) is 23.6. The molecule has 0 atom stereocenters. The Labute approximate surface area is 187 Å². The summed E-state index contributed by atoms with van der Waals surface area (Å²) in [6.45, 7) is 2.92. The first-order valence-corrected chi connectivity index (χ1v) is 10.4. The third-order valence-corrected chi connectivity index (χ3v) is 6.02. The molecule has 1 N–H and O–H groups in total. The molecular formula is C23H22F4N4O2. The minimum Gasteiger partial charge on any atom is -0.381 e. The van der Waals surface area contributed by atoms with Gasteiger partial charge in [0.05, 0.1) is 23.0 Å². The second-order valence-corrected chi connectivity index (χ2v) is 8.04. The van der Waals surface area contributed by atoms with E-state index in [-0.39, 0.29) is 29.7 Å². The van der Waals surface area contributed by atoms with Gasteiger partial charge in [0.2, 0.25) is 0 Å². The molecule has 6 nitrogen and oxygen atoms in total. The molecule has 0 spiro atoms. The third kappa shape index (κ3) is 4.75. The lowest BCUT2D eigenvalue weighted by Gasteiger charge is -2.38. The van der Waals surface area contributed by atoms with Crippen LogP contribution in [0.5, 0.6) is 0 Å². The number of pyridine rings is 1. The van der Waals surface area contributed by atoms with E-state index >= 15 is 0 Å². The first-order chi connectivity index (χ1) is 15.7. The van der Waals surface area contributed by atoms with Crippen molar-refractivity contribution in [3.05, 3.63) is 77.0 Å². The molecule has 3 aromatic rings. The van der Waals surface area contributed by atoms with Crippen molar-refractivity contribution in [3.8, 4) is 5.82 Å². The highest BCUT2D eigenvalue weighted by molar-refractivity contribution is 5.95. The van der Waals surface area contributed by atoms with Crippen LogP contribution in [-0.2, 0) is 16.3 Å². The van der Waals surface area contributed by atoms with Gasteiger partial charge < -0.3 is 10.1 Å². The van der Waals surface area contributed by atoms with Gasteiger partial charge in [0, 0.05) is 31.4 Å². The minimum absolute atomic E-state index is 0.167. The van der Waals surface area contributed by atoms with Gasteiger partial charge in [-0.25, -0.2) is 14.1 Å². The summed E-state index contributed by atoms with van der Waals surface area (Å²) in [4.78, 5) is 16.8. The fraction of sp³-hybridized carbons (Fsp3) is 0.348. The number of nitrogens with zero attached hydrogens (tertiary/aromatic N) is 3. The van der Waals surface area contributed by atoms with E-state index in [2.05, 4.69) is 15.4 Å². The molecule has 174 valence electrons. The fourth-order valence-corrected chi connectivity index (χ4v) is 4.04. The topological polar surface area (TPSA) is 69.0 Å². The number of alkyl halides is 3. The van der Waals surface area contributed by atoms with Gasteiger partial charge in [-0.05, 0) is 49.6 Å². The molecule has 3 heterocycles. The number of ether oxygens (including phenoxy) is 1. The number of benzene rings is 1. The Hall–Kier alpha value is -3.27. The molecule has 4 rings (SSSR count). The van der Waals surface area contributed by atoms with Gasteiger partial charge in [0.15, 0.2) is 5.82 Å². The number of nitrogens with one attached hydrogen (secondary N) is 1. The molecule has 0 radical (unpaired) electrons. The molecule has 1 aromatic carbocycles. The standard InChI is InChI=1S/C23H22F4N4O2/c1-15-19(13-30-31(15)20-6-5-17(12-28-20)23(25,26)27)21(32)29-14-22(7-9-33-10-8-22)16-3-2-4-18(24)11-16/h2-6,11-13H,7-10,14H2,1H3,(H,29,32). The molecule has 1 saturated heterocycles. The Kier molecular flexibility index (Phi) is 6.20. The van der Waals surface area contributed by atoms with E-state index in [1.807, 2.05) is 6.07 Å². The van der Waals surface area contributed by atoms with Crippen molar-refractivity contribution in [2.75, 3.05) is 19.8 Å². The van der Waals surface area contributed by atoms with Crippen molar-refractivity contribution < 1.29 is 27.1 Å². The molecule has 0 aliphatic carbocycles. The maximum absolute atomic E-state index is 13.9. The summed E-state index contributed by atoms with van der Waals surface area (Å²) >= 11 is 0. The molecule has 1 amide bonds. The Morgan fingerprint density at radius 3 is 2.58 bits per heavy atom. The highest BCUT2D eigenvalue weighted by Gasteiger charge is 2.35. The number of amides is 1. The van der Waals surface area contributed by atoms with E-state index in [1.165, 1.54) is 29.1 Å². The summed E-state index contributed by atoms with van der Waals surface area (Å²) in [7, 11) is 0. The van der Waals surface area contributed by atoms with Crippen molar-refractivity contribution in [3.63, 3.8) is 0 Å². The van der Waals surface area contributed by atoms with Crippen molar-refractivity contribution in [1.82, 2.24) is 20.1 Å².